The first-order chi connectivity index (χ1) is 12.1. The van der Waals surface area contributed by atoms with Crippen LogP contribution >= 0.6 is 23.2 Å². The summed E-state index contributed by atoms with van der Waals surface area (Å²) >= 11 is 12.0. The zero-order valence-corrected chi connectivity index (χ0v) is 15.1. The van der Waals surface area contributed by atoms with Gasteiger partial charge in [0.2, 0.25) is 0 Å². The van der Waals surface area contributed by atoms with E-state index in [0.29, 0.717) is 33.6 Å². The number of hydrogen-bond acceptors (Lipinski definition) is 3. The van der Waals surface area contributed by atoms with Crippen LogP contribution in [0.4, 0.5) is 0 Å². The van der Waals surface area contributed by atoms with Gasteiger partial charge in [-0.25, -0.2) is 4.99 Å². The van der Waals surface area contributed by atoms with E-state index in [9.17, 15) is 4.79 Å². The van der Waals surface area contributed by atoms with Crippen LogP contribution in [0, 0.1) is 0 Å². The van der Waals surface area contributed by atoms with Gasteiger partial charge in [-0.05, 0) is 41.8 Å². The van der Waals surface area contributed by atoms with Crippen LogP contribution in [0.25, 0.3) is 6.08 Å². The van der Waals surface area contributed by atoms with Crippen molar-refractivity contribution >= 4 is 41.0 Å². The van der Waals surface area contributed by atoms with Crippen molar-refractivity contribution in [2.75, 3.05) is 7.11 Å². The lowest BCUT2D eigenvalue weighted by atomic mass is 10.1. The molecule has 6 heteroatoms. The van der Waals surface area contributed by atoms with Crippen molar-refractivity contribution in [2.24, 2.45) is 4.99 Å². The number of amides is 1. The Labute approximate surface area is 156 Å². The van der Waals surface area contributed by atoms with Crippen molar-refractivity contribution in [2.45, 2.75) is 12.8 Å². The maximum absolute atomic E-state index is 12.1. The molecule has 0 aliphatic carbocycles. The average molecular weight is 375 g/mol. The van der Waals surface area contributed by atoms with Gasteiger partial charge in [-0.15, -0.1) is 0 Å². The normalized spacial score (nSPS) is 15.2. The molecule has 0 spiro atoms. The third-order valence-corrected chi connectivity index (χ3v) is 4.39. The van der Waals surface area contributed by atoms with Gasteiger partial charge in [0.25, 0.3) is 5.91 Å². The van der Waals surface area contributed by atoms with Crippen LogP contribution in [0.15, 0.2) is 53.2 Å². The SMILES string of the molecule is COc1ccccc1CCC1=N/C(=C\c2ccc(Cl)cc2Cl)C(=O)N1. The quantitative estimate of drug-likeness (QED) is 0.783. The Hall–Kier alpha value is -2.30. The van der Waals surface area contributed by atoms with Gasteiger partial charge >= 0.3 is 0 Å². The fraction of sp³-hybridized carbons (Fsp3) is 0.158. The third kappa shape index (κ3) is 4.21. The van der Waals surface area contributed by atoms with Crippen molar-refractivity contribution in [3.05, 3.63) is 69.3 Å². The van der Waals surface area contributed by atoms with Gasteiger partial charge in [-0.3, -0.25) is 4.79 Å². The van der Waals surface area contributed by atoms with Crippen molar-refractivity contribution in [1.29, 1.82) is 0 Å². The minimum absolute atomic E-state index is 0.235. The van der Waals surface area contributed by atoms with E-state index in [4.69, 9.17) is 27.9 Å². The van der Waals surface area contributed by atoms with E-state index in [1.807, 2.05) is 24.3 Å². The second-order valence-corrected chi connectivity index (χ2v) is 6.36. The number of amidine groups is 1. The van der Waals surface area contributed by atoms with Crippen LogP contribution in [0.1, 0.15) is 17.5 Å². The van der Waals surface area contributed by atoms with Crippen LogP contribution in [0.3, 0.4) is 0 Å². The van der Waals surface area contributed by atoms with E-state index in [0.717, 1.165) is 17.7 Å². The second kappa shape index (κ2) is 7.72. The Morgan fingerprint density at radius 1 is 1.16 bits per heavy atom. The summed E-state index contributed by atoms with van der Waals surface area (Å²) < 4.78 is 5.34. The molecule has 128 valence electrons. The molecule has 0 saturated carbocycles. The average Bonchev–Trinajstić information content (AvgIpc) is 2.95. The predicted octanol–water partition coefficient (Wildman–Crippen LogP) is 4.50. The number of benzene rings is 2. The summed E-state index contributed by atoms with van der Waals surface area (Å²) in [7, 11) is 1.64. The fourth-order valence-electron chi connectivity index (χ4n) is 2.56. The summed E-state index contributed by atoms with van der Waals surface area (Å²) in [6, 6.07) is 12.9. The second-order valence-electron chi connectivity index (χ2n) is 5.52. The molecule has 1 aliphatic rings. The van der Waals surface area contributed by atoms with E-state index < -0.39 is 0 Å². The van der Waals surface area contributed by atoms with Gasteiger partial charge < -0.3 is 10.1 Å². The maximum Gasteiger partial charge on any atom is 0.275 e. The maximum atomic E-state index is 12.1. The van der Waals surface area contributed by atoms with Crippen molar-refractivity contribution in [3.8, 4) is 5.75 Å². The molecule has 1 amide bonds. The molecular formula is C19H16Cl2N2O2. The number of rotatable bonds is 5. The number of carbonyl (C=O) groups excluding carboxylic acids is 1. The van der Waals surface area contributed by atoms with E-state index in [2.05, 4.69) is 10.3 Å². The summed E-state index contributed by atoms with van der Waals surface area (Å²) in [6.07, 6.45) is 2.99. The van der Waals surface area contributed by atoms with Gasteiger partial charge in [0.15, 0.2) is 0 Å². The molecule has 3 rings (SSSR count). The molecule has 1 aliphatic heterocycles. The number of hydrogen-bond donors (Lipinski definition) is 1. The largest absolute Gasteiger partial charge is 0.496 e. The highest BCUT2D eigenvalue weighted by Crippen LogP contribution is 2.25. The number of ether oxygens (including phenoxy) is 1. The molecule has 25 heavy (non-hydrogen) atoms. The number of aryl methyl sites for hydroxylation is 1. The topological polar surface area (TPSA) is 50.7 Å². The molecule has 0 radical (unpaired) electrons. The molecule has 4 nitrogen and oxygen atoms in total. The zero-order chi connectivity index (χ0) is 17.8. The van der Waals surface area contributed by atoms with Crippen LogP contribution in [-0.4, -0.2) is 18.9 Å². The monoisotopic (exact) mass is 374 g/mol. The number of nitrogens with zero attached hydrogens (tertiary/aromatic N) is 1. The Kier molecular flexibility index (Phi) is 5.41. The van der Waals surface area contributed by atoms with Gasteiger partial charge in [0.1, 0.15) is 17.3 Å². The minimum atomic E-state index is -0.235. The van der Waals surface area contributed by atoms with Crippen LogP contribution in [0.2, 0.25) is 10.0 Å². The van der Waals surface area contributed by atoms with E-state index in [1.165, 1.54) is 0 Å². The summed E-state index contributed by atoms with van der Waals surface area (Å²) in [6.45, 7) is 0. The Bertz CT molecular complexity index is 875. The zero-order valence-electron chi connectivity index (χ0n) is 13.6. The number of nitrogens with one attached hydrogen (secondary N) is 1. The lowest BCUT2D eigenvalue weighted by Crippen LogP contribution is -2.24. The molecular weight excluding hydrogens is 359 g/mol. The molecule has 2 aromatic rings. The predicted molar refractivity (Wildman–Crippen MR) is 101 cm³/mol. The highest BCUT2D eigenvalue weighted by atomic mass is 35.5. The van der Waals surface area contributed by atoms with Crippen molar-refractivity contribution in [3.63, 3.8) is 0 Å². The first kappa shape index (κ1) is 17.5. The summed E-state index contributed by atoms with van der Waals surface area (Å²) in [4.78, 5) is 16.5. The van der Waals surface area contributed by atoms with Gasteiger partial charge in [0, 0.05) is 16.5 Å². The summed E-state index contributed by atoms with van der Waals surface area (Å²) in [5.41, 5.74) is 2.10. The smallest absolute Gasteiger partial charge is 0.275 e. The summed E-state index contributed by atoms with van der Waals surface area (Å²) in [5.74, 6) is 1.23. The molecule has 1 N–H and O–H groups in total. The minimum Gasteiger partial charge on any atom is -0.496 e. The van der Waals surface area contributed by atoms with Gasteiger partial charge in [0.05, 0.1) is 7.11 Å². The molecule has 0 aromatic heterocycles. The van der Waals surface area contributed by atoms with E-state index in [-0.39, 0.29) is 5.91 Å². The Balaban J connectivity index is 1.75. The Morgan fingerprint density at radius 2 is 1.96 bits per heavy atom. The third-order valence-electron chi connectivity index (χ3n) is 3.82. The number of carbonyl (C=O) groups is 1. The fourth-order valence-corrected chi connectivity index (χ4v) is 3.03. The van der Waals surface area contributed by atoms with Crippen LogP contribution < -0.4 is 10.1 Å². The molecule has 0 fully saturated rings. The van der Waals surface area contributed by atoms with E-state index >= 15 is 0 Å². The number of methoxy groups -OCH3 is 1. The first-order valence-corrected chi connectivity index (χ1v) is 8.50. The lowest BCUT2D eigenvalue weighted by molar-refractivity contribution is -0.115. The van der Waals surface area contributed by atoms with Crippen LogP contribution in [0.5, 0.6) is 5.75 Å². The number of aliphatic imine (C=N–C) groups is 1. The van der Waals surface area contributed by atoms with Crippen molar-refractivity contribution in [1.82, 2.24) is 5.32 Å². The van der Waals surface area contributed by atoms with E-state index in [1.54, 1.807) is 31.4 Å². The lowest BCUT2D eigenvalue weighted by Gasteiger charge is -2.07. The van der Waals surface area contributed by atoms with Crippen molar-refractivity contribution < 1.29 is 9.53 Å². The molecule has 1 heterocycles. The number of halogens is 2. The standard InChI is InChI=1S/C19H16Cl2N2O2/c1-25-17-5-3-2-4-12(17)7-9-18-22-16(19(24)23-18)10-13-6-8-14(20)11-15(13)21/h2-6,8,10-11H,7,9H2,1H3,(H,22,23,24)/b16-10-. The van der Waals surface area contributed by atoms with Gasteiger partial charge in [-0.2, -0.15) is 0 Å². The molecule has 0 unspecified atom stereocenters. The van der Waals surface area contributed by atoms with Crippen LogP contribution in [-0.2, 0) is 11.2 Å². The molecule has 0 saturated heterocycles. The molecule has 2 aromatic carbocycles. The number of para-hydroxylation sites is 1. The van der Waals surface area contributed by atoms with Gasteiger partial charge in [-0.1, -0.05) is 47.5 Å². The first-order valence-electron chi connectivity index (χ1n) is 7.74. The Morgan fingerprint density at radius 3 is 2.72 bits per heavy atom. The highest BCUT2D eigenvalue weighted by Gasteiger charge is 2.20. The highest BCUT2D eigenvalue weighted by molar-refractivity contribution is 6.35. The summed E-state index contributed by atoms with van der Waals surface area (Å²) in [5, 5.41) is 3.82. The molecule has 0 atom stereocenters. The molecule has 0 bridgehead atoms.